The summed E-state index contributed by atoms with van der Waals surface area (Å²) in [5.74, 6) is 0. The number of ether oxygens (including phenoxy) is 2. The zero-order chi connectivity index (χ0) is 9.97. The summed E-state index contributed by atoms with van der Waals surface area (Å²) in [6.45, 7) is 6.09. The maximum Gasteiger partial charge on any atom is 0.184 e. The van der Waals surface area contributed by atoms with Gasteiger partial charge in [-0.3, -0.25) is 0 Å². The van der Waals surface area contributed by atoms with Crippen molar-refractivity contribution >= 4 is 14.0 Å². The van der Waals surface area contributed by atoms with Crippen LogP contribution >= 0.6 is 0 Å². The van der Waals surface area contributed by atoms with Crippen LogP contribution in [0.2, 0.25) is 13.1 Å². The third-order valence-electron chi connectivity index (χ3n) is 2.50. The Morgan fingerprint density at radius 3 is 2.14 bits per heavy atom. The molecule has 1 saturated heterocycles. The number of benzene rings is 1. The topological polar surface area (TPSA) is 18.5 Å². The third-order valence-corrected chi connectivity index (χ3v) is 4.22. The van der Waals surface area contributed by atoms with Crippen molar-refractivity contribution < 1.29 is 9.47 Å². The summed E-state index contributed by atoms with van der Waals surface area (Å²) in [5, 5.41) is 1.49. The monoisotopic (exact) mass is 208 g/mol. The number of hydrogen-bond donors (Lipinski definition) is 0. The first-order valence-corrected chi connectivity index (χ1v) is 7.99. The highest BCUT2D eigenvalue weighted by atomic mass is 28.3. The lowest BCUT2D eigenvalue weighted by Gasteiger charge is -2.10. The fourth-order valence-corrected chi connectivity index (χ4v) is 2.55. The largest absolute Gasteiger partial charge is 0.346 e. The van der Waals surface area contributed by atoms with Crippen LogP contribution in [0.4, 0.5) is 0 Å². The third kappa shape index (κ3) is 2.05. The van der Waals surface area contributed by atoms with Gasteiger partial charge in [0, 0.05) is 5.56 Å². The molecular formula is C11H16O2Si. The Bertz CT molecular complexity index is 289. The fourth-order valence-electron chi connectivity index (χ4n) is 1.59. The maximum atomic E-state index is 5.43. The van der Waals surface area contributed by atoms with Crippen LogP contribution in [-0.4, -0.2) is 22.0 Å². The average Bonchev–Trinajstić information content (AvgIpc) is 2.71. The lowest BCUT2D eigenvalue weighted by Crippen LogP contribution is -2.22. The number of rotatable bonds is 2. The van der Waals surface area contributed by atoms with E-state index >= 15 is 0 Å². The molecule has 0 N–H and O–H groups in total. The first kappa shape index (κ1) is 9.89. The second-order valence-electron chi connectivity index (χ2n) is 3.89. The minimum absolute atomic E-state index is 0.127. The van der Waals surface area contributed by atoms with Gasteiger partial charge in [-0.15, -0.1) is 0 Å². The Hall–Kier alpha value is -0.643. The molecule has 14 heavy (non-hydrogen) atoms. The smallest absolute Gasteiger partial charge is 0.184 e. The van der Waals surface area contributed by atoms with Gasteiger partial charge in [0.25, 0.3) is 0 Å². The molecule has 1 aliphatic rings. The summed E-state index contributed by atoms with van der Waals surface area (Å²) < 4.78 is 10.9. The van der Waals surface area contributed by atoms with Gasteiger partial charge in [-0.25, -0.2) is 0 Å². The highest BCUT2D eigenvalue weighted by Gasteiger charge is 2.17. The molecule has 3 heteroatoms. The average molecular weight is 208 g/mol. The minimum atomic E-state index is -0.665. The van der Waals surface area contributed by atoms with E-state index in [0.29, 0.717) is 13.2 Å². The lowest BCUT2D eigenvalue weighted by molar-refractivity contribution is -0.0441. The summed E-state index contributed by atoms with van der Waals surface area (Å²) in [6.07, 6.45) is -0.127. The van der Waals surface area contributed by atoms with Gasteiger partial charge in [-0.1, -0.05) is 42.5 Å². The van der Waals surface area contributed by atoms with Crippen LogP contribution in [0.1, 0.15) is 11.9 Å². The maximum absolute atomic E-state index is 5.43. The quantitative estimate of drug-likeness (QED) is 0.684. The second-order valence-corrected chi connectivity index (χ2v) is 6.87. The summed E-state index contributed by atoms with van der Waals surface area (Å²) in [6, 6.07) is 8.66. The highest BCUT2D eigenvalue weighted by Crippen LogP contribution is 2.21. The van der Waals surface area contributed by atoms with E-state index in [9.17, 15) is 0 Å². The molecular weight excluding hydrogens is 192 g/mol. The molecule has 0 aliphatic carbocycles. The first-order valence-electron chi connectivity index (χ1n) is 5.10. The van der Waals surface area contributed by atoms with Gasteiger partial charge in [0.2, 0.25) is 0 Å². The molecule has 1 aliphatic heterocycles. The van der Waals surface area contributed by atoms with Crippen LogP contribution in [-0.2, 0) is 9.47 Å². The second kappa shape index (κ2) is 4.25. The van der Waals surface area contributed by atoms with E-state index in [1.54, 1.807) is 0 Å². The van der Waals surface area contributed by atoms with E-state index in [1.165, 1.54) is 5.19 Å². The molecule has 0 unspecified atom stereocenters. The molecule has 0 atom stereocenters. The molecule has 1 aromatic carbocycles. The Labute approximate surface area is 86.5 Å². The predicted octanol–water partition coefficient (Wildman–Crippen LogP) is 1.43. The van der Waals surface area contributed by atoms with Crippen molar-refractivity contribution in [1.29, 1.82) is 0 Å². The Kier molecular flexibility index (Phi) is 3.01. The van der Waals surface area contributed by atoms with Gasteiger partial charge in [0.15, 0.2) is 6.29 Å². The Balaban J connectivity index is 2.12. The molecule has 1 aromatic rings. The molecule has 0 spiro atoms. The first-order chi connectivity index (χ1) is 6.77. The van der Waals surface area contributed by atoms with E-state index < -0.39 is 8.80 Å². The van der Waals surface area contributed by atoms with Gasteiger partial charge in [0.1, 0.15) is 0 Å². The molecule has 2 nitrogen and oxygen atoms in total. The van der Waals surface area contributed by atoms with Gasteiger partial charge in [0.05, 0.1) is 22.0 Å². The van der Waals surface area contributed by atoms with Crippen molar-refractivity contribution in [3.8, 4) is 0 Å². The van der Waals surface area contributed by atoms with E-state index in [0.717, 1.165) is 5.56 Å². The summed E-state index contributed by atoms with van der Waals surface area (Å²) >= 11 is 0. The van der Waals surface area contributed by atoms with E-state index in [1.807, 2.05) is 0 Å². The van der Waals surface area contributed by atoms with Crippen molar-refractivity contribution in [1.82, 2.24) is 0 Å². The van der Waals surface area contributed by atoms with Crippen LogP contribution in [0.15, 0.2) is 24.3 Å². The van der Waals surface area contributed by atoms with E-state index in [-0.39, 0.29) is 6.29 Å². The van der Waals surface area contributed by atoms with Gasteiger partial charge in [-0.2, -0.15) is 0 Å². The molecule has 0 bridgehead atoms. The molecule has 0 aromatic heterocycles. The highest BCUT2D eigenvalue weighted by molar-refractivity contribution is 6.70. The Morgan fingerprint density at radius 1 is 1.07 bits per heavy atom. The lowest BCUT2D eigenvalue weighted by atomic mass is 10.2. The van der Waals surface area contributed by atoms with Crippen LogP contribution < -0.4 is 5.19 Å². The molecule has 1 heterocycles. The SMILES string of the molecule is C[SiH](C)c1ccc(C2OCCO2)cc1. The normalized spacial score (nSPS) is 17.9. The van der Waals surface area contributed by atoms with E-state index in [4.69, 9.17) is 9.47 Å². The van der Waals surface area contributed by atoms with E-state index in [2.05, 4.69) is 37.4 Å². The fraction of sp³-hybridized carbons (Fsp3) is 0.455. The van der Waals surface area contributed by atoms with Crippen molar-refractivity contribution in [3.05, 3.63) is 29.8 Å². The molecule has 0 amide bonds. The number of hydrogen-bond acceptors (Lipinski definition) is 2. The molecule has 76 valence electrons. The molecule has 2 rings (SSSR count). The van der Waals surface area contributed by atoms with Crippen molar-refractivity contribution in [3.63, 3.8) is 0 Å². The van der Waals surface area contributed by atoms with Gasteiger partial charge < -0.3 is 9.47 Å². The zero-order valence-electron chi connectivity index (χ0n) is 8.69. The minimum Gasteiger partial charge on any atom is -0.346 e. The van der Waals surface area contributed by atoms with Crippen molar-refractivity contribution in [2.24, 2.45) is 0 Å². The molecule has 0 radical (unpaired) electrons. The molecule has 1 fully saturated rings. The van der Waals surface area contributed by atoms with Crippen LogP contribution in [0.25, 0.3) is 0 Å². The zero-order valence-corrected chi connectivity index (χ0v) is 9.85. The summed E-state index contributed by atoms with van der Waals surface area (Å²) in [7, 11) is -0.665. The standard InChI is InChI=1S/C11H16O2Si/c1-14(2)10-5-3-9(4-6-10)11-12-7-8-13-11/h3-6,11,14H,7-8H2,1-2H3. The predicted molar refractivity (Wildman–Crippen MR) is 59.6 cm³/mol. The van der Waals surface area contributed by atoms with Crippen LogP contribution in [0.5, 0.6) is 0 Å². The van der Waals surface area contributed by atoms with Crippen molar-refractivity contribution in [2.75, 3.05) is 13.2 Å². The molecule has 0 saturated carbocycles. The van der Waals surface area contributed by atoms with Gasteiger partial charge in [-0.05, 0) is 0 Å². The van der Waals surface area contributed by atoms with Crippen LogP contribution in [0, 0.1) is 0 Å². The van der Waals surface area contributed by atoms with Crippen molar-refractivity contribution in [2.45, 2.75) is 19.4 Å². The summed E-state index contributed by atoms with van der Waals surface area (Å²) in [4.78, 5) is 0. The van der Waals surface area contributed by atoms with Gasteiger partial charge >= 0.3 is 0 Å². The Morgan fingerprint density at radius 2 is 1.64 bits per heavy atom. The van der Waals surface area contributed by atoms with Crippen LogP contribution in [0.3, 0.4) is 0 Å². The summed E-state index contributed by atoms with van der Waals surface area (Å²) in [5.41, 5.74) is 1.14.